The van der Waals surface area contributed by atoms with Crippen LogP contribution in [0.25, 0.3) is 0 Å². The second-order valence-electron chi connectivity index (χ2n) is 8.34. The van der Waals surface area contributed by atoms with E-state index in [0.717, 1.165) is 35.4 Å². The lowest BCUT2D eigenvalue weighted by Crippen LogP contribution is -2.38. The first kappa shape index (κ1) is 23.0. The van der Waals surface area contributed by atoms with Crippen molar-refractivity contribution < 1.29 is 28.5 Å². The molecule has 1 amide bonds. The van der Waals surface area contributed by atoms with Gasteiger partial charge in [0, 0.05) is 4.88 Å². The van der Waals surface area contributed by atoms with Crippen LogP contribution in [0, 0.1) is 0 Å². The highest BCUT2D eigenvalue weighted by molar-refractivity contribution is 7.16. The van der Waals surface area contributed by atoms with Gasteiger partial charge in [-0.1, -0.05) is 12.1 Å². The molecule has 2 aromatic carbocycles. The Morgan fingerprint density at radius 2 is 1.63 bits per heavy atom. The van der Waals surface area contributed by atoms with Crippen molar-refractivity contribution >= 4 is 28.2 Å². The lowest BCUT2D eigenvalue weighted by atomic mass is 9.94. The summed E-state index contributed by atoms with van der Waals surface area (Å²) in [5.74, 6) is 0.899. The summed E-state index contributed by atoms with van der Waals surface area (Å²) in [5, 5.41) is 7.45. The van der Waals surface area contributed by atoms with Crippen LogP contribution in [0.15, 0.2) is 36.4 Å². The number of fused-ring (bicyclic) bond motifs is 3. The minimum Gasteiger partial charge on any atom is -0.493 e. The maximum absolute atomic E-state index is 12.9. The zero-order valence-corrected chi connectivity index (χ0v) is 20.5. The Hall–Kier alpha value is -3.72. The molecule has 8 nitrogen and oxygen atoms in total. The number of carbonyl (C=O) groups excluding carboxylic acids is 2. The topological polar surface area (TPSA) is 95.1 Å². The van der Waals surface area contributed by atoms with E-state index >= 15 is 0 Å². The molecule has 1 aliphatic carbocycles. The van der Waals surface area contributed by atoms with Gasteiger partial charge in [0.15, 0.2) is 11.5 Å². The van der Waals surface area contributed by atoms with Crippen LogP contribution in [-0.4, -0.2) is 33.2 Å². The maximum Gasteiger partial charge on any atom is 0.343 e. The lowest BCUT2D eigenvalue weighted by molar-refractivity contribution is 0.0733. The zero-order valence-electron chi connectivity index (χ0n) is 19.7. The highest BCUT2D eigenvalue weighted by Crippen LogP contribution is 2.42. The van der Waals surface area contributed by atoms with Gasteiger partial charge in [-0.25, -0.2) is 4.79 Å². The van der Waals surface area contributed by atoms with E-state index in [2.05, 4.69) is 10.6 Å². The van der Waals surface area contributed by atoms with Crippen LogP contribution in [0.2, 0.25) is 0 Å². The van der Waals surface area contributed by atoms with Gasteiger partial charge in [-0.3, -0.25) is 4.79 Å². The quantitative estimate of drug-likeness (QED) is 0.378. The van der Waals surface area contributed by atoms with Gasteiger partial charge in [0.1, 0.15) is 16.9 Å². The van der Waals surface area contributed by atoms with Crippen molar-refractivity contribution in [2.24, 2.45) is 0 Å². The van der Waals surface area contributed by atoms with Gasteiger partial charge in [0.05, 0.1) is 32.5 Å². The third-order valence-electron chi connectivity index (χ3n) is 6.27. The van der Waals surface area contributed by atoms with Crippen molar-refractivity contribution in [1.29, 1.82) is 0 Å². The largest absolute Gasteiger partial charge is 0.493 e. The van der Waals surface area contributed by atoms with E-state index in [1.54, 1.807) is 23.5 Å². The SMILES string of the molecule is COc1cc(C(=O)Oc2ccc(C3NC(=O)c4c(sc5c4CCCC5)N3)cc2)cc(OC)c1OC. The summed E-state index contributed by atoms with van der Waals surface area (Å²) < 4.78 is 21.5. The second-order valence-corrected chi connectivity index (χ2v) is 9.44. The highest BCUT2D eigenvalue weighted by atomic mass is 32.1. The molecule has 35 heavy (non-hydrogen) atoms. The number of ether oxygens (including phenoxy) is 4. The summed E-state index contributed by atoms with van der Waals surface area (Å²) in [6, 6.07) is 10.1. The van der Waals surface area contributed by atoms with E-state index < -0.39 is 5.97 Å². The molecule has 1 aliphatic heterocycles. The molecule has 0 saturated heterocycles. The number of anilines is 1. The normalized spacial score (nSPS) is 16.3. The monoisotopic (exact) mass is 494 g/mol. The molecule has 0 saturated carbocycles. The molecule has 9 heteroatoms. The van der Waals surface area contributed by atoms with Crippen molar-refractivity contribution in [3.63, 3.8) is 0 Å². The maximum atomic E-state index is 12.9. The summed E-state index contributed by atoms with van der Waals surface area (Å²) in [6.45, 7) is 0. The molecule has 5 rings (SSSR count). The zero-order chi connectivity index (χ0) is 24.5. The average molecular weight is 495 g/mol. The molecule has 1 unspecified atom stereocenters. The molecule has 2 heterocycles. The number of amides is 1. The summed E-state index contributed by atoms with van der Waals surface area (Å²) in [5.41, 5.74) is 3.13. The number of thiophene rings is 1. The van der Waals surface area contributed by atoms with E-state index in [-0.39, 0.29) is 17.6 Å². The molecule has 1 atom stereocenters. The summed E-state index contributed by atoms with van der Waals surface area (Å²) >= 11 is 1.69. The molecule has 2 N–H and O–H groups in total. The molecule has 0 fully saturated rings. The van der Waals surface area contributed by atoms with Crippen molar-refractivity contribution in [3.05, 3.63) is 63.5 Å². The number of esters is 1. The predicted octanol–water partition coefficient (Wildman–Crippen LogP) is 4.73. The van der Waals surface area contributed by atoms with Gasteiger partial charge < -0.3 is 29.6 Å². The van der Waals surface area contributed by atoms with Crippen molar-refractivity contribution in [1.82, 2.24) is 5.32 Å². The van der Waals surface area contributed by atoms with Crippen molar-refractivity contribution in [3.8, 4) is 23.0 Å². The summed E-state index contributed by atoms with van der Waals surface area (Å²) in [4.78, 5) is 27.0. The fourth-order valence-electron chi connectivity index (χ4n) is 4.54. The van der Waals surface area contributed by atoms with Crippen molar-refractivity contribution in [2.75, 3.05) is 26.6 Å². The number of nitrogens with one attached hydrogen (secondary N) is 2. The Kier molecular flexibility index (Phi) is 6.25. The van der Waals surface area contributed by atoms with Gasteiger partial charge in [-0.2, -0.15) is 0 Å². The third-order valence-corrected chi connectivity index (χ3v) is 7.50. The van der Waals surface area contributed by atoms with Gasteiger partial charge >= 0.3 is 5.97 Å². The number of hydrogen-bond acceptors (Lipinski definition) is 8. The van der Waals surface area contributed by atoms with Crippen LogP contribution >= 0.6 is 11.3 Å². The Bertz CT molecular complexity index is 1260. The third kappa shape index (κ3) is 4.27. The fraction of sp³-hybridized carbons (Fsp3) is 0.308. The Morgan fingerprint density at radius 3 is 2.29 bits per heavy atom. The first-order valence-electron chi connectivity index (χ1n) is 11.4. The van der Waals surface area contributed by atoms with E-state index in [1.807, 2.05) is 12.1 Å². The first-order valence-corrected chi connectivity index (χ1v) is 12.2. The smallest absolute Gasteiger partial charge is 0.343 e. The van der Waals surface area contributed by atoms with E-state index in [1.165, 1.54) is 50.3 Å². The molecule has 0 bridgehead atoms. The van der Waals surface area contributed by atoms with Crippen LogP contribution in [0.3, 0.4) is 0 Å². The first-order chi connectivity index (χ1) is 17.0. The molecular formula is C26H26N2O6S. The summed E-state index contributed by atoms with van der Waals surface area (Å²) in [6.07, 6.45) is 3.96. The van der Waals surface area contributed by atoms with Crippen LogP contribution in [-0.2, 0) is 12.8 Å². The Labute approximate surface area is 207 Å². The van der Waals surface area contributed by atoms with Crippen LogP contribution in [0.5, 0.6) is 23.0 Å². The van der Waals surface area contributed by atoms with Gasteiger partial charge in [-0.05, 0) is 61.1 Å². The number of carbonyl (C=O) groups is 2. The van der Waals surface area contributed by atoms with Gasteiger partial charge in [0.25, 0.3) is 5.91 Å². The molecule has 0 radical (unpaired) electrons. The van der Waals surface area contributed by atoms with E-state index in [4.69, 9.17) is 18.9 Å². The fourth-order valence-corrected chi connectivity index (χ4v) is 5.85. The molecule has 0 spiro atoms. The average Bonchev–Trinajstić information content (AvgIpc) is 3.27. The highest BCUT2D eigenvalue weighted by Gasteiger charge is 2.32. The molecular weight excluding hydrogens is 468 g/mol. The molecule has 1 aromatic heterocycles. The van der Waals surface area contributed by atoms with Gasteiger partial charge in [0.2, 0.25) is 5.75 Å². The lowest BCUT2D eigenvalue weighted by Gasteiger charge is -2.27. The van der Waals surface area contributed by atoms with Crippen LogP contribution in [0.1, 0.15) is 55.7 Å². The van der Waals surface area contributed by atoms with E-state index in [0.29, 0.717) is 23.0 Å². The number of aryl methyl sites for hydroxylation is 1. The Morgan fingerprint density at radius 1 is 0.943 bits per heavy atom. The minimum atomic E-state index is -0.560. The number of hydrogen-bond donors (Lipinski definition) is 2. The number of benzene rings is 2. The standard InChI is InChI=1S/C26H26N2O6S/c1-31-18-12-15(13-19(32-2)22(18)33-3)26(30)34-16-10-8-14(9-11-16)23-27-24(29)21-17-6-4-5-7-20(17)35-25(21)28-23/h8-13,23,28H,4-7H2,1-3H3,(H,27,29). The molecule has 3 aromatic rings. The van der Waals surface area contributed by atoms with Crippen LogP contribution < -0.4 is 29.6 Å². The molecule has 2 aliphatic rings. The summed E-state index contributed by atoms with van der Waals surface area (Å²) in [7, 11) is 4.46. The number of methoxy groups -OCH3 is 3. The van der Waals surface area contributed by atoms with Crippen molar-refractivity contribution in [2.45, 2.75) is 31.8 Å². The number of rotatable bonds is 6. The minimum absolute atomic E-state index is 0.0407. The predicted molar refractivity (Wildman–Crippen MR) is 132 cm³/mol. The van der Waals surface area contributed by atoms with E-state index in [9.17, 15) is 9.59 Å². The van der Waals surface area contributed by atoms with Crippen LogP contribution in [0.4, 0.5) is 5.00 Å². The second kappa shape index (κ2) is 9.50. The Balaban J connectivity index is 1.31. The molecule has 182 valence electrons. The van der Waals surface area contributed by atoms with Gasteiger partial charge in [-0.15, -0.1) is 11.3 Å².